The van der Waals surface area contributed by atoms with Crippen molar-refractivity contribution < 1.29 is 19.4 Å². The molecule has 0 aliphatic rings. The highest BCUT2D eigenvalue weighted by atomic mass is 16.5. The van der Waals surface area contributed by atoms with Gasteiger partial charge in [-0.3, -0.25) is 0 Å². The number of aliphatic carboxylic acids is 1. The van der Waals surface area contributed by atoms with Crippen LogP contribution in [0.4, 0.5) is 4.79 Å². The number of ether oxygens (including phenoxy) is 1. The van der Waals surface area contributed by atoms with E-state index in [1.54, 1.807) is 0 Å². The van der Waals surface area contributed by atoms with Crippen LogP contribution < -0.4 is 5.32 Å². The van der Waals surface area contributed by atoms with Crippen LogP contribution in [0.15, 0.2) is 42.5 Å². The van der Waals surface area contributed by atoms with Gasteiger partial charge in [0.15, 0.2) is 0 Å². The molecule has 0 heterocycles. The van der Waals surface area contributed by atoms with E-state index in [1.807, 2.05) is 42.5 Å². The third-order valence-corrected chi connectivity index (χ3v) is 3.03. The highest BCUT2D eigenvalue weighted by Gasteiger charge is 2.20. The number of benzene rings is 2. The number of nitrogens with one attached hydrogen (secondary N) is 1. The van der Waals surface area contributed by atoms with E-state index in [0.29, 0.717) is 0 Å². The summed E-state index contributed by atoms with van der Waals surface area (Å²) in [5.41, 5.74) is 0.840. The summed E-state index contributed by atoms with van der Waals surface area (Å²) in [7, 11) is 1.20. The van der Waals surface area contributed by atoms with Crippen molar-refractivity contribution >= 4 is 22.8 Å². The number of methoxy groups -OCH3 is 1. The maximum absolute atomic E-state index is 11.1. The summed E-state index contributed by atoms with van der Waals surface area (Å²) < 4.78 is 4.43. The summed E-state index contributed by atoms with van der Waals surface area (Å²) in [5.74, 6) is -1.09. The molecule has 20 heavy (non-hydrogen) atoms. The Morgan fingerprint density at radius 1 is 1.20 bits per heavy atom. The lowest BCUT2D eigenvalue weighted by Crippen LogP contribution is -2.42. The van der Waals surface area contributed by atoms with Crippen LogP contribution in [-0.4, -0.2) is 30.3 Å². The fourth-order valence-corrected chi connectivity index (χ4v) is 2.00. The molecule has 1 unspecified atom stereocenters. The standard InChI is InChI=1S/C15H15NO4/c1-20-15(19)16-13(14(17)18)9-10-6-7-11-4-2-3-5-12(11)8-10/h2-8,13H,9H2,1H3,(H,16,19)(H,17,18). The SMILES string of the molecule is COC(=O)NC(Cc1ccc2ccccc2c1)C(=O)O. The van der Waals surface area contributed by atoms with Crippen molar-refractivity contribution in [2.45, 2.75) is 12.5 Å². The van der Waals surface area contributed by atoms with Crippen LogP contribution in [0.2, 0.25) is 0 Å². The molecule has 0 aliphatic carbocycles. The van der Waals surface area contributed by atoms with Gasteiger partial charge in [-0.1, -0.05) is 42.5 Å². The zero-order chi connectivity index (χ0) is 14.5. The van der Waals surface area contributed by atoms with Crippen LogP contribution in [-0.2, 0) is 16.0 Å². The maximum Gasteiger partial charge on any atom is 0.407 e. The molecular formula is C15H15NO4. The molecule has 0 radical (unpaired) electrons. The van der Waals surface area contributed by atoms with Gasteiger partial charge in [0.25, 0.3) is 0 Å². The van der Waals surface area contributed by atoms with Crippen LogP contribution in [0.5, 0.6) is 0 Å². The second-order valence-electron chi connectivity index (χ2n) is 4.41. The predicted molar refractivity (Wildman–Crippen MR) is 74.6 cm³/mol. The lowest BCUT2D eigenvalue weighted by Gasteiger charge is -2.14. The topological polar surface area (TPSA) is 75.6 Å². The summed E-state index contributed by atoms with van der Waals surface area (Å²) in [6, 6.07) is 12.5. The normalized spacial score (nSPS) is 11.8. The average molecular weight is 273 g/mol. The summed E-state index contributed by atoms with van der Waals surface area (Å²) in [4.78, 5) is 22.3. The van der Waals surface area contributed by atoms with Gasteiger partial charge in [0.05, 0.1) is 7.11 Å². The number of alkyl carbamates (subject to hydrolysis) is 1. The Labute approximate surface area is 116 Å². The van der Waals surface area contributed by atoms with Gasteiger partial charge in [-0.25, -0.2) is 9.59 Å². The summed E-state index contributed by atoms with van der Waals surface area (Å²) in [6.45, 7) is 0. The first-order chi connectivity index (χ1) is 9.60. The molecule has 0 saturated carbocycles. The second kappa shape index (κ2) is 6.06. The van der Waals surface area contributed by atoms with Crippen LogP contribution in [0.1, 0.15) is 5.56 Å². The number of carboxylic acids is 1. The van der Waals surface area contributed by atoms with E-state index < -0.39 is 18.1 Å². The van der Waals surface area contributed by atoms with Gasteiger partial charge >= 0.3 is 12.1 Å². The summed E-state index contributed by atoms with van der Waals surface area (Å²) >= 11 is 0. The molecular weight excluding hydrogens is 258 g/mol. The monoisotopic (exact) mass is 273 g/mol. The molecule has 2 N–H and O–H groups in total. The van der Waals surface area contributed by atoms with Gasteiger partial charge in [0.1, 0.15) is 6.04 Å². The zero-order valence-corrected chi connectivity index (χ0v) is 11.0. The number of amides is 1. The first-order valence-corrected chi connectivity index (χ1v) is 6.15. The van der Waals surface area contributed by atoms with Gasteiger partial charge in [-0.05, 0) is 16.3 Å². The molecule has 2 aromatic carbocycles. The molecule has 0 spiro atoms. The van der Waals surface area contributed by atoms with Gasteiger partial charge in [-0.2, -0.15) is 0 Å². The second-order valence-corrected chi connectivity index (χ2v) is 4.41. The Balaban J connectivity index is 2.19. The van der Waals surface area contributed by atoms with E-state index in [1.165, 1.54) is 7.11 Å². The average Bonchev–Trinajstić information content (AvgIpc) is 2.46. The fourth-order valence-electron chi connectivity index (χ4n) is 2.00. The van der Waals surface area contributed by atoms with Crippen molar-refractivity contribution in [2.24, 2.45) is 0 Å². The lowest BCUT2D eigenvalue weighted by atomic mass is 10.0. The Kier molecular flexibility index (Phi) is 4.20. The van der Waals surface area contributed by atoms with Crippen molar-refractivity contribution in [3.05, 3.63) is 48.0 Å². The zero-order valence-electron chi connectivity index (χ0n) is 11.0. The predicted octanol–water partition coefficient (Wildman–Crippen LogP) is 2.19. The molecule has 1 amide bonds. The molecule has 0 fully saturated rings. The summed E-state index contributed by atoms with van der Waals surface area (Å²) in [6.07, 6.45) is -0.548. The van der Waals surface area contributed by atoms with E-state index in [2.05, 4.69) is 10.1 Å². The number of carbonyl (C=O) groups is 2. The maximum atomic E-state index is 11.1. The minimum absolute atomic E-state index is 0.204. The lowest BCUT2D eigenvalue weighted by molar-refractivity contribution is -0.139. The fraction of sp³-hybridized carbons (Fsp3) is 0.200. The van der Waals surface area contributed by atoms with Gasteiger partial charge in [0, 0.05) is 6.42 Å². The molecule has 104 valence electrons. The Hall–Kier alpha value is -2.56. The van der Waals surface area contributed by atoms with Crippen molar-refractivity contribution in [3.8, 4) is 0 Å². The van der Waals surface area contributed by atoms with Gasteiger partial charge < -0.3 is 15.2 Å². The van der Waals surface area contributed by atoms with Gasteiger partial charge in [0.2, 0.25) is 0 Å². The van der Waals surface area contributed by atoms with Crippen LogP contribution in [0.25, 0.3) is 10.8 Å². The summed E-state index contributed by atoms with van der Waals surface area (Å²) in [5, 5.41) is 13.5. The molecule has 1 atom stereocenters. The molecule has 2 aromatic rings. The minimum Gasteiger partial charge on any atom is -0.480 e. The number of fused-ring (bicyclic) bond motifs is 1. The Morgan fingerprint density at radius 3 is 2.55 bits per heavy atom. The third-order valence-electron chi connectivity index (χ3n) is 3.03. The van der Waals surface area contributed by atoms with Crippen LogP contribution in [0.3, 0.4) is 0 Å². The smallest absolute Gasteiger partial charge is 0.407 e. The van der Waals surface area contributed by atoms with E-state index in [4.69, 9.17) is 5.11 Å². The molecule has 0 saturated heterocycles. The van der Waals surface area contributed by atoms with Crippen molar-refractivity contribution in [1.29, 1.82) is 0 Å². The highest BCUT2D eigenvalue weighted by molar-refractivity contribution is 5.84. The van der Waals surface area contributed by atoms with Crippen molar-refractivity contribution in [3.63, 3.8) is 0 Å². The quantitative estimate of drug-likeness (QED) is 0.895. The highest BCUT2D eigenvalue weighted by Crippen LogP contribution is 2.16. The first-order valence-electron chi connectivity index (χ1n) is 6.15. The van der Waals surface area contributed by atoms with Crippen molar-refractivity contribution in [1.82, 2.24) is 5.32 Å². The Morgan fingerprint density at radius 2 is 1.90 bits per heavy atom. The van der Waals surface area contributed by atoms with Gasteiger partial charge in [-0.15, -0.1) is 0 Å². The van der Waals surface area contributed by atoms with Crippen LogP contribution in [0, 0.1) is 0 Å². The van der Waals surface area contributed by atoms with E-state index in [-0.39, 0.29) is 6.42 Å². The van der Waals surface area contributed by atoms with E-state index in [0.717, 1.165) is 16.3 Å². The Bertz CT molecular complexity index is 639. The number of carbonyl (C=O) groups excluding carboxylic acids is 1. The third kappa shape index (κ3) is 3.26. The van der Waals surface area contributed by atoms with E-state index >= 15 is 0 Å². The van der Waals surface area contributed by atoms with Crippen LogP contribution >= 0.6 is 0 Å². The molecule has 5 heteroatoms. The largest absolute Gasteiger partial charge is 0.480 e. The molecule has 0 bridgehead atoms. The van der Waals surface area contributed by atoms with E-state index in [9.17, 15) is 9.59 Å². The number of rotatable bonds is 4. The first kappa shape index (κ1) is 13.9. The number of carboxylic acid groups (broad SMARTS) is 1. The minimum atomic E-state index is -1.09. The molecule has 5 nitrogen and oxygen atoms in total. The molecule has 0 aliphatic heterocycles. The molecule has 2 rings (SSSR count). The number of hydrogen-bond acceptors (Lipinski definition) is 3. The van der Waals surface area contributed by atoms with Crippen molar-refractivity contribution in [2.75, 3.05) is 7.11 Å². The number of hydrogen-bond donors (Lipinski definition) is 2. The molecule has 0 aromatic heterocycles.